The molecule has 1 saturated carbocycles. The highest BCUT2D eigenvalue weighted by atomic mass is 16.5. The number of carbonyl (C=O) groups is 1. The van der Waals surface area contributed by atoms with Crippen LogP contribution in [0.3, 0.4) is 0 Å². The van der Waals surface area contributed by atoms with Gasteiger partial charge in [-0.1, -0.05) is 24.3 Å². The van der Waals surface area contributed by atoms with Gasteiger partial charge in [0.15, 0.2) is 0 Å². The van der Waals surface area contributed by atoms with Crippen LogP contribution in [0.1, 0.15) is 53.5 Å². The van der Waals surface area contributed by atoms with Crippen LogP contribution in [0.2, 0.25) is 0 Å². The van der Waals surface area contributed by atoms with Crippen LogP contribution in [0.25, 0.3) is 11.1 Å². The van der Waals surface area contributed by atoms with E-state index in [0.717, 1.165) is 52.2 Å². The third-order valence-electron chi connectivity index (χ3n) is 7.43. The molecule has 36 heavy (non-hydrogen) atoms. The second-order valence-corrected chi connectivity index (χ2v) is 10.3. The maximum atomic E-state index is 11.1. The molecule has 0 bridgehead atoms. The summed E-state index contributed by atoms with van der Waals surface area (Å²) in [4.78, 5) is 11.1. The quantitative estimate of drug-likeness (QED) is 0.392. The summed E-state index contributed by atoms with van der Waals surface area (Å²) in [6.07, 6.45) is 2.64. The molecule has 2 aliphatic heterocycles. The Balaban J connectivity index is 1.23. The van der Waals surface area contributed by atoms with E-state index in [1.165, 1.54) is 29.5 Å². The number of fused-ring (bicyclic) bond motifs is 2. The van der Waals surface area contributed by atoms with Gasteiger partial charge in [-0.05, 0) is 67.5 Å². The molecule has 3 aliphatic rings. The molecule has 3 aromatic rings. The van der Waals surface area contributed by atoms with Crippen LogP contribution >= 0.6 is 0 Å². The topological polar surface area (TPSA) is 77.0 Å². The Kier molecular flexibility index (Phi) is 5.75. The number of carboxylic acids is 1. The fraction of sp³-hybridized carbons (Fsp3) is 0.367. The molecule has 0 saturated heterocycles. The summed E-state index contributed by atoms with van der Waals surface area (Å²) in [5.41, 5.74) is 7.69. The van der Waals surface area contributed by atoms with Gasteiger partial charge < -0.3 is 24.6 Å². The van der Waals surface area contributed by atoms with Gasteiger partial charge in [0.25, 0.3) is 0 Å². The highest BCUT2D eigenvalue weighted by Gasteiger charge is 2.30. The van der Waals surface area contributed by atoms with Crippen molar-refractivity contribution < 1.29 is 24.1 Å². The zero-order valence-electron chi connectivity index (χ0n) is 20.7. The molecular weight excluding hydrogens is 454 g/mol. The molecule has 2 N–H and O–H groups in total. The van der Waals surface area contributed by atoms with Gasteiger partial charge in [0.1, 0.15) is 23.9 Å². The first kappa shape index (κ1) is 22.8. The minimum atomic E-state index is -0.805. The fourth-order valence-corrected chi connectivity index (χ4v) is 5.44. The molecular formula is C30H31NO5. The van der Waals surface area contributed by atoms with Crippen molar-refractivity contribution >= 4 is 11.7 Å². The van der Waals surface area contributed by atoms with Crippen LogP contribution in [0.4, 0.5) is 5.69 Å². The van der Waals surface area contributed by atoms with E-state index in [9.17, 15) is 4.79 Å². The van der Waals surface area contributed by atoms with E-state index in [1.807, 2.05) is 18.2 Å². The van der Waals surface area contributed by atoms with Crippen molar-refractivity contribution in [2.45, 2.75) is 45.1 Å². The molecule has 6 nitrogen and oxygen atoms in total. The number of nitrogens with one attached hydrogen (secondary N) is 1. The number of benzene rings is 3. The van der Waals surface area contributed by atoms with Crippen LogP contribution < -0.4 is 19.5 Å². The standard InChI is InChI=1S/C30H31NO5/c1-17-10-22(34-14-19-6-7-19)11-18(2)29(17)25-5-3-4-24-26(16-36-30(24)25)31-21-8-9-23-20(12-28(32)33)15-35-27(23)13-21/h3-5,8-11,13,19-20,26,31H,6-7,12,14-16H2,1-2H3,(H,32,33). The first-order valence-electron chi connectivity index (χ1n) is 12.7. The van der Waals surface area contributed by atoms with E-state index < -0.39 is 5.97 Å². The van der Waals surface area contributed by atoms with Gasteiger partial charge in [0.05, 0.1) is 25.7 Å². The second-order valence-electron chi connectivity index (χ2n) is 10.3. The van der Waals surface area contributed by atoms with E-state index >= 15 is 0 Å². The summed E-state index contributed by atoms with van der Waals surface area (Å²) in [6, 6.07) is 16.6. The average molecular weight is 486 g/mol. The highest BCUT2D eigenvalue weighted by molar-refractivity contribution is 5.79. The molecule has 2 unspecified atom stereocenters. The molecule has 1 aliphatic carbocycles. The van der Waals surface area contributed by atoms with Gasteiger partial charge in [0.2, 0.25) is 0 Å². The number of hydrogen-bond acceptors (Lipinski definition) is 5. The van der Waals surface area contributed by atoms with Crippen molar-refractivity contribution in [3.05, 3.63) is 70.8 Å². The summed E-state index contributed by atoms with van der Waals surface area (Å²) in [5.74, 6) is 2.45. The summed E-state index contributed by atoms with van der Waals surface area (Å²) < 4.78 is 18.1. The largest absolute Gasteiger partial charge is 0.493 e. The monoisotopic (exact) mass is 485 g/mol. The zero-order chi connectivity index (χ0) is 24.8. The average Bonchev–Trinajstić information content (AvgIpc) is 3.47. The fourth-order valence-electron chi connectivity index (χ4n) is 5.44. The molecule has 186 valence electrons. The van der Waals surface area contributed by atoms with E-state index in [2.05, 4.69) is 49.5 Å². The van der Waals surface area contributed by atoms with Crippen LogP contribution in [-0.2, 0) is 4.79 Å². The van der Waals surface area contributed by atoms with Crippen LogP contribution in [-0.4, -0.2) is 30.9 Å². The number of rotatable bonds is 8. The van der Waals surface area contributed by atoms with Crippen molar-refractivity contribution in [3.8, 4) is 28.4 Å². The van der Waals surface area contributed by atoms with Crippen molar-refractivity contribution in [1.82, 2.24) is 0 Å². The Labute approximate surface area is 211 Å². The van der Waals surface area contributed by atoms with Gasteiger partial charge in [-0.3, -0.25) is 4.79 Å². The Bertz CT molecular complexity index is 1310. The van der Waals surface area contributed by atoms with Crippen molar-refractivity contribution in [3.63, 3.8) is 0 Å². The maximum Gasteiger partial charge on any atom is 0.304 e. The lowest BCUT2D eigenvalue weighted by Gasteiger charge is -2.17. The molecule has 6 heteroatoms. The Hall–Kier alpha value is -3.67. The van der Waals surface area contributed by atoms with Crippen LogP contribution in [0, 0.1) is 19.8 Å². The Morgan fingerprint density at radius 2 is 1.83 bits per heavy atom. The van der Waals surface area contributed by atoms with Gasteiger partial charge >= 0.3 is 5.97 Å². The van der Waals surface area contributed by atoms with Crippen molar-refractivity contribution in [2.75, 3.05) is 25.1 Å². The van der Waals surface area contributed by atoms with Gasteiger partial charge in [-0.15, -0.1) is 0 Å². The van der Waals surface area contributed by atoms with E-state index in [4.69, 9.17) is 19.3 Å². The summed E-state index contributed by atoms with van der Waals surface area (Å²) in [7, 11) is 0. The second kappa shape index (κ2) is 9.08. The number of aliphatic carboxylic acids is 1. The lowest BCUT2D eigenvalue weighted by Crippen LogP contribution is -2.11. The number of carboxylic acid groups (broad SMARTS) is 1. The Morgan fingerprint density at radius 1 is 1.03 bits per heavy atom. The predicted molar refractivity (Wildman–Crippen MR) is 138 cm³/mol. The predicted octanol–water partition coefficient (Wildman–Crippen LogP) is 6.26. The third kappa shape index (κ3) is 4.36. The maximum absolute atomic E-state index is 11.1. The van der Waals surface area contributed by atoms with E-state index in [0.29, 0.717) is 13.2 Å². The first-order chi connectivity index (χ1) is 17.5. The number of ether oxygens (including phenoxy) is 3. The number of aryl methyl sites for hydroxylation is 2. The summed E-state index contributed by atoms with van der Waals surface area (Å²) in [6.45, 7) is 6.03. The minimum absolute atomic E-state index is 0.0102. The SMILES string of the molecule is Cc1cc(OCC2CC2)cc(C)c1-c1cccc2c1OCC2Nc1ccc2c(c1)OCC2CC(=O)O. The Morgan fingerprint density at radius 3 is 2.58 bits per heavy atom. The molecule has 0 spiro atoms. The van der Waals surface area contributed by atoms with Crippen LogP contribution in [0.5, 0.6) is 17.2 Å². The number of hydrogen-bond donors (Lipinski definition) is 2. The van der Waals surface area contributed by atoms with E-state index in [-0.39, 0.29) is 18.4 Å². The molecule has 2 heterocycles. The molecule has 0 radical (unpaired) electrons. The van der Waals surface area contributed by atoms with Gasteiger partial charge in [0, 0.05) is 34.4 Å². The van der Waals surface area contributed by atoms with Gasteiger partial charge in [-0.25, -0.2) is 0 Å². The number of anilines is 1. The lowest BCUT2D eigenvalue weighted by atomic mass is 9.92. The minimum Gasteiger partial charge on any atom is -0.493 e. The van der Waals surface area contributed by atoms with Crippen molar-refractivity contribution in [2.24, 2.45) is 5.92 Å². The molecule has 1 fully saturated rings. The molecule has 2 atom stereocenters. The molecule has 3 aromatic carbocycles. The molecule has 0 amide bonds. The summed E-state index contributed by atoms with van der Waals surface area (Å²) in [5, 5.41) is 12.7. The molecule has 6 rings (SSSR count). The zero-order valence-corrected chi connectivity index (χ0v) is 20.7. The van der Waals surface area contributed by atoms with Gasteiger partial charge in [-0.2, -0.15) is 0 Å². The van der Waals surface area contributed by atoms with Crippen LogP contribution in [0.15, 0.2) is 48.5 Å². The smallest absolute Gasteiger partial charge is 0.304 e. The normalized spacial score (nSPS) is 19.7. The molecule has 0 aromatic heterocycles. The third-order valence-corrected chi connectivity index (χ3v) is 7.43. The number of para-hydroxylation sites is 1. The van der Waals surface area contributed by atoms with E-state index in [1.54, 1.807) is 0 Å². The first-order valence-corrected chi connectivity index (χ1v) is 12.7. The summed E-state index contributed by atoms with van der Waals surface area (Å²) >= 11 is 0. The van der Waals surface area contributed by atoms with Crippen molar-refractivity contribution in [1.29, 1.82) is 0 Å². The highest BCUT2D eigenvalue weighted by Crippen LogP contribution is 2.45. The lowest BCUT2D eigenvalue weighted by molar-refractivity contribution is -0.137.